The lowest BCUT2D eigenvalue weighted by Crippen LogP contribution is -2.10. The second-order valence-corrected chi connectivity index (χ2v) is 4.81. The van der Waals surface area contributed by atoms with Gasteiger partial charge in [-0.2, -0.15) is 0 Å². The van der Waals surface area contributed by atoms with Gasteiger partial charge in [0.05, 0.1) is 28.6 Å². The zero-order valence-electron chi connectivity index (χ0n) is 12.1. The number of nitro groups is 2. The first kappa shape index (κ1) is 17.2. The highest BCUT2D eigenvalue weighted by atomic mass is 35.5. The Bertz CT molecular complexity index is 838. The van der Waals surface area contributed by atoms with Crippen molar-refractivity contribution in [3.63, 3.8) is 0 Å². The van der Waals surface area contributed by atoms with Gasteiger partial charge in [0.2, 0.25) is 0 Å². The quantitative estimate of drug-likeness (QED) is 0.350. The average molecular weight is 353 g/mol. The van der Waals surface area contributed by atoms with Gasteiger partial charge in [-0.15, -0.1) is 0 Å². The number of halogens is 1. The van der Waals surface area contributed by atoms with E-state index in [1.807, 2.05) is 0 Å². The van der Waals surface area contributed by atoms with Crippen molar-refractivity contribution < 1.29 is 24.1 Å². The number of hydrogen-bond acceptors (Lipinski definition) is 7. The SMILES string of the molecule is COc1ccc([N+](=O)[O-])cc1OC(=O)c1ccc(Cl)c([N+](=O)[O-])c1. The fourth-order valence-electron chi connectivity index (χ4n) is 1.80. The first-order valence-corrected chi connectivity index (χ1v) is 6.70. The van der Waals surface area contributed by atoms with Gasteiger partial charge in [0, 0.05) is 12.1 Å². The molecule has 0 unspecified atom stereocenters. The van der Waals surface area contributed by atoms with E-state index >= 15 is 0 Å². The van der Waals surface area contributed by atoms with Crippen molar-refractivity contribution in [2.75, 3.05) is 7.11 Å². The van der Waals surface area contributed by atoms with E-state index in [2.05, 4.69) is 0 Å². The molecule has 0 atom stereocenters. The van der Waals surface area contributed by atoms with Crippen LogP contribution in [0.3, 0.4) is 0 Å². The fourth-order valence-corrected chi connectivity index (χ4v) is 1.98. The van der Waals surface area contributed by atoms with Crippen molar-refractivity contribution in [1.82, 2.24) is 0 Å². The standard InChI is InChI=1S/C14H9ClN2O7/c1-23-12-5-3-9(16(19)20)7-13(12)24-14(18)8-2-4-10(15)11(6-8)17(21)22/h2-7H,1H3. The monoisotopic (exact) mass is 352 g/mol. The predicted molar refractivity (Wildman–Crippen MR) is 82.7 cm³/mol. The molecule has 0 N–H and O–H groups in total. The summed E-state index contributed by atoms with van der Waals surface area (Å²) in [5.41, 5.74) is -0.905. The lowest BCUT2D eigenvalue weighted by Gasteiger charge is -2.09. The molecule has 2 aromatic carbocycles. The maximum Gasteiger partial charge on any atom is 0.343 e. The molecule has 0 aliphatic rings. The number of nitrogens with zero attached hydrogens (tertiary/aromatic N) is 2. The van der Waals surface area contributed by atoms with Crippen molar-refractivity contribution in [3.05, 3.63) is 67.2 Å². The molecule has 24 heavy (non-hydrogen) atoms. The highest BCUT2D eigenvalue weighted by Crippen LogP contribution is 2.32. The van der Waals surface area contributed by atoms with Crippen LogP contribution in [0.25, 0.3) is 0 Å². The van der Waals surface area contributed by atoms with Gasteiger partial charge in [-0.05, 0) is 18.2 Å². The van der Waals surface area contributed by atoms with Gasteiger partial charge in [-0.3, -0.25) is 20.2 Å². The molecule has 0 bridgehead atoms. The summed E-state index contributed by atoms with van der Waals surface area (Å²) in [6, 6.07) is 6.84. The molecular weight excluding hydrogens is 344 g/mol. The molecule has 0 radical (unpaired) electrons. The minimum atomic E-state index is -0.950. The van der Waals surface area contributed by atoms with Crippen LogP contribution in [0.5, 0.6) is 11.5 Å². The molecule has 0 aliphatic carbocycles. The number of esters is 1. The van der Waals surface area contributed by atoms with E-state index in [4.69, 9.17) is 21.1 Å². The number of carbonyl (C=O) groups excluding carboxylic acids is 1. The Morgan fingerprint density at radius 1 is 1.04 bits per heavy atom. The van der Waals surface area contributed by atoms with Crippen LogP contribution in [0.15, 0.2) is 36.4 Å². The van der Waals surface area contributed by atoms with Crippen molar-refractivity contribution in [2.45, 2.75) is 0 Å². The van der Waals surface area contributed by atoms with Crippen LogP contribution in [0, 0.1) is 20.2 Å². The zero-order chi connectivity index (χ0) is 17.9. The molecule has 0 amide bonds. The molecule has 0 fully saturated rings. The average Bonchev–Trinajstić information content (AvgIpc) is 2.54. The van der Waals surface area contributed by atoms with E-state index in [0.717, 1.165) is 12.1 Å². The summed E-state index contributed by atoms with van der Waals surface area (Å²) in [7, 11) is 1.30. The number of non-ortho nitro benzene ring substituents is 1. The second-order valence-electron chi connectivity index (χ2n) is 4.41. The number of benzene rings is 2. The Kier molecular flexibility index (Phi) is 4.95. The number of nitro benzene ring substituents is 2. The Labute approximate surface area is 139 Å². The number of rotatable bonds is 5. The van der Waals surface area contributed by atoms with Gasteiger partial charge < -0.3 is 9.47 Å². The van der Waals surface area contributed by atoms with Crippen molar-refractivity contribution >= 4 is 28.9 Å². The van der Waals surface area contributed by atoms with E-state index in [1.165, 1.54) is 31.4 Å². The van der Waals surface area contributed by atoms with E-state index in [0.29, 0.717) is 0 Å². The number of hydrogen-bond donors (Lipinski definition) is 0. The third-order valence-corrected chi connectivity index (χ3v) is 3.26. The van der Waals surface area contributed by atoms with Crippen LogP contribution in [0.2, 0.25) is 5.02 Å². The Balaban J connectivity index is 2.36. The Hall–Kier alpha value is -3.20. The lowest BCUT2D eigenvalue weighted by atomic mass is 10.2. The number of ether oxygens (including phenoxy) is 2. The topological polar surface area (TPSA) is 122 Å². The summed E-state index contributed by atoms with van der Waals surface area (Å²) in [4.78, 5) is 32.4. The third kappa shape index (κ3) is 3.58. The zero-order valence-corrected chi connectivity index (χ0v) is 12.9. The summed E-state index contributed by atoms with van der Waals surface area (Å²) < 4.78 is 10.0. The molecule has 0 saturated heterocycles. The van der Waals surface area contributed by atoms with Gasteiger partial charge in [0.25, 0.3) is 11.4 Å². The number of carbonyl (C=O) groups is 1. The van der Waals surface area contributed by atoms with E-state index < -0.39 is 21.5 Å². The highest BCUT2D eigenvalue weighted by molar-refractivity contribution is 6.32. The lowest BCUT2D eigenvalue weighted by molar-refractivity contribution is -0.385. The van der Waals surface area contributed by atoms with Gasteiger partial charge in [-0.25, -0.2) is 4.79 Å². The first-order chi connectivity index (χ1) is 11.3. The summed E-state index contributed by atoms with van der Waals surface area (Å²) in [6.07, 6.45) is 0. The van der Waals surface area contributed by atoms with Crippen molar-refractivity contribution in [3.8, 4) is 11.5 Å². The molecule has 10 heteroatoms. The third-order valence-electron chi connectivity index (χ3n) is 2.94. The van der Waals surface area contributed by atoms with Crippen LogP contribution in [-0.4, -0.2) is 22.9 Å². The van der Waals surface area contributed by atoms with E-state index in [-0.39, 0.29) is 27.8 Å². The first-order valence-electron chi connectivity index (χ1n) is 6.32. The van der Waals surface area contributed by atoms with Gasteiger partial charge in [0.1, 0.15) is 5.02 Å². The molecule has 2 aromatic rings. The van der Waals surface area contributed by atoms with Crippen LogP contribution < -0.4 is 9.47 Å². The molecular formula is C14H9ClN2O7. The van der Waals surface area contributed by atoms with Crippen molar-refractivity contribution in [2.24, 2.45) is 0 Å². The second kappa shape index (κ2) is 6.92. The minimum Gasteiger partial charge on any atom is -0.493 e. The fraction of sp³-hybridized carbons (Fsp3) is 0.0714. The van der Waals surface area contributed by atoms with Gasteiger partial charge >= 0.3 is 5.97 Å². The van der Waals surface area contributed by atoms with Gasteiger partial charge in [-0.1, -0.05) is 11.6 Å². The smallest absolute Gasteiger partial charge is 0.343 e. The van der Waals surface area contributed by atoms with Gasteiger partial charge in [0.15, 0.2) is 11.5 Å². The molecule has 0 saturated carbocycles. The molecule has 0 heterocycles. The molecule has 9 nitrogen and oxygen atoms in total. The summed E-state index contributed by atoms with van der Waals surface area (Å²) >= 11 is 5.67. The maximum atomic E-state index is 12.1. The van der Waals surface area contributed by atoms with Crippen LogP contribution in [-0.2, 0) is 0 Å². The largest absolute Gasteiger partial charge is 0.493 e. The normalized spacial score (nSPS) is 10.1. The summed E-state index contributed by atoms with van der Waals surface area (Å²) in [5.74, 6) is -1.04. The van der Waals surface area contributed by atoms with Crippen LogP contribution in [0.1, 0.15) is 10.4 Å². The maximum absolute atomic E-state index is 12.1. The molecule has 0 aromatic heterocycles. The predicted octanol–water partition coefficient (Wildman–Crippen LogP) is 3.38. The summed E-state index contributed by atoms with van der Waals surface area (Å²) in [6.45, 7) is 0. The molecule has 124 valence electrons. The highest BCUT2D eigenvalue weighted by Gasteiger charge is 2.20. The number of methoxy groups -OCH3 is 1. The van der Waals surface area contributed by atoms with E-state index in [1.54, 1.807) is 0 Å². The molecule has 0 spiro atoms. The molecule has 2 rings (SSSR count). The van der Waals surface area contributed by atoms with E-state index in [9.17, 15) is 25.0 Å². The van der Waals surface area contributed by atoms with Crippen LogP contribution in [0.4, 0.5) is 11.4 Å². The Morgan fingerprint density at radius 2 is 1.75 bits per heavy atom. The van der Waals surface area contributed by atoms with Crippen LogP contribution >= 0.6 is 11.6 Å². The Morgan fingerprint density at radius 3 is 2.33 bits per heavy atom. The van der Waals surface area contributed by atoms with Crippen molar-refractivity contribution in [1.29, 1.82) is 0 Å². The minimum absolute atomic E-state index is 0.0948. The molecule has 0 aliphatic heterocycles. The summed E-state index contributed by atoms with van der Waals surface area (Å²) in [5, 5.41) is 21.5.